The van der Waals surface area contributed by atoms with Crippen molar-refractivity contribution in [1.29, 1.82) is 0 Å². The predicted molar refractivity (Wildman–Crippen MR) is 142 cm³/mol. The van der Waals surface area contributed by atoms with Crippen LogP contribution in [0.1, 0.15) is 16.1 Å². The summed E-state index contributed by atoms with van der Waals surface area (Å²) in [5.41, 5.74) is 4.62. The number of benzene rings is 3. The van der Waals surface area contributed by atoms with Gasteiger partial charge >= 0.3 is 0 Å². The Morgan fingerprint density at radius 2 is 1.69 bits per heavy atom. The van der Waals surface area contributed by atoms with Crippen LogP contribution in [-0.2, 0) is 6.54 Å². The first-order chi connectivity index (χ1) is 17.7. The highest BCUT2D eigenvalue weighted by Gasteiger charge is 2.19. The van der Waals surface area contributed by atoms with Crippen molar-refractivity contribution in [1.82, 2.24) is 29.7 Å². The third-order valence-electron chi connectivity index (χ3n) is 6.79. The van der Waals surface area contributed by atoms with E-state index in [1.54, 1.807) is 12.4 Å². The van der Waals surface area contributed by atoms with Gasteiger partial charge in [-0.1, -0.05) is 48.5 Å². The number of carbonyl (C=O) groups excluding carboxylic acids is 1. The molecule has 2 N–H and O–H groups in total. The van der Waals surface area contributed by atoms with E-state index in [1.807, 2.05) is 36.5 Å². The molecule has 1 amide bonds. The van der Waals surface area contributed by atoms with E-state index < -0.39 is 0 Å². The summed E-state index contributed by atoms with van der Waals surface area (Å²) in [5, 5.41) is 5.19. The summed E-state index contributed by atoms with van der Waals surface area (Å²) in [7, 11) is 2.14. The van der Waals surface area contributed by atoms with Gasteiger partial charge in [-0.15, -0.1) is 0 Å². The van der Waals surface area contributed by atoms with Gasteiger partial charge in [-0.2, -0.15) is 0 Å². The minimum absolute atomic E-state index is 0.273. The van der Waals surface area contributed by atoms with Gasteiger partial charge in [0.25, 0.3) is 5.91 Å². The van der Waals surface area contributed by atoms with Crippen LogP contribution in [0.5, 0.6) is 0 Å². The quantitative estimate of drug-likeness (QED) is 0.395. The number of carbonyl (C=O) groups is 1. The van der Waals surface area contributed by atoms with Gasteiger partial charge in [0.15, 0.2) is 0 Å². The highest BCUT2D eigenvalue weighted by atomic mass is 16.1. The molecule has 180 valence electrons. The first kappa shape index (κ1) is 22.3. The number of nitrogens with zero attached hydrogens (tertiary/aromatic N) is 5. The van der Waals surface area contributed by atoms with Crippen molar-refractivity contribution in [3.05, 3.63) is 84.4 Å². The summed E-state index contributed by atoms with van der Waals surface area (Å²) in [6, 6.07) is 18.2. The van der Waals surface area contributed by atoms with E-state index in [9.17, 15) is 4.79 Å². The Bertz CT molecular complexity index is 1550. The summed E-state index contributed by atoms with van der Waals surface area (Å²) < 4.78 is 0. The zero-order valence-corrected chi connectivity index (χ0v) is 20.1. The zero-order valence-electron chi connectivity index (χ0n) is 20.1. The van der Waals surface area contributed by atoms with Crippen LogP contribution in [0.3, 0.4) is 0 Å². The maximum absolute atomic E-state index is 13.3. The number of aromatic nitrogens is 4. The van der Waals surface area contributed by atoms with E-state index in [4.69, 9.17) is 0 Å². The number of hydrogen-bond acceptors (Lipinski definition) is 6. The molecule has 0 bridgehead atoms. The molecule has 1 saturated heterocycles. The third-order valence-corrected chi connectivity index (χ3v) is 6.79. The van der Waals surface area contributed by atoms with Gasteiger partial charge in [-0.25, -0.2) is 4.98 Å². The highest BCUT2D eigenvalue weighted by molar-refractivity contribution is 6.14. The molecule has 1 fully saturated rings. The minimum Gasteiger partial charge on any atom is -0.330 e. The number of hydrogen-bond donors (Lipinski definition) is 2. The van der Waals surface area contributed by atoms with Gasteiger partial charge in [0.1, 0.15) is 5.52 Å². The molecular formula is C28H27N7O. The van der Waals surface area contributed by atoms with Crippen molar-refractivity contribution in [2.45, 2.75) is 6.54 Å². The second-order valence-corrected chi connectivity index (χ2v) is 9.21. The fourth-order valence-electron chi connectivity index (χ4n) is 4.83. The molecule has 3 heterocycles. The summed E-state index contributed by atoms with van der Waals surface area (Å²) in [6.07, 6.45) is 5.14. The molecule has 0 radical (unpaired) electrons. The third kappa shape index (κ3) is 4.32. The first-order valence-electron chi connectivity index (χ1n) is 12.1. The van der Waals surface area contributed by atoms with Crippen LogP contribution in [0.25, 0.3) is 32.9 Å². The summed E-state index contributed by atoms with van der Waals surface area (Å²) in [6.45, 7) is 4.89. The molecule has 0 aliphatic carbocycles. The number of amides is 1. The molecular weight excluding hydrogens is 450 g/mol. The van der Waals surface area contributed by atoms with Gasteiger partial charge < -0.3 is 9.88 Å². The lowest BCUT2D eigenvalue weighted by molar-refractivity contribution is 0.102. The second-order valence-electron chi connectivity index (χ2n) is 9.21. The van der Waals surface area contributed by atoms with Crippen LogP contribution in [-0.4, -0.2) is 68.9 Å². The highest BCUT2D eigenvalue weighted by Crippen LogP contribution is 2.33. The fraction of sp³-hybridized carbons (Fsp3) is 0.214. The Morgan fingerprint density at radius 1 is 0.917 bits per heavy atom. The van der Waals surface area contributed by atoms with Gasteiger partial charge in [-0.05, 0) is 29.4 Å². The van der Waals surface area contributed by atoms with Crippen molar-refractivity contribution in [2.75, 3.05) is 38.5 Å². The predicted octanol–water partition coefficient (Wildman–Crippen LogP) is 4.17. The van der Waals surface area contributed by atoms with Gasteiger partial charge in [0.05, 0.1) is 16.8 Å². The smallest absolute Gasteiger partial charge is 0.260 e. The van der Waals surface area contributed by atoms with Crippen molar-refractivity contribution in [2.24, 2.45) is 0 Å². The Balaban J connectivity index is 1.28. The normalized spacial score (nSPS) is 14.9. The van der Waals surface area contributed by atoms with Crippen LogP contribution < -0.4 is 5.32 Å². The number of H-pyrrole nitrogens is 1. The summed E-state index contributed by atoms with van der Waals surface area (Å²) in [5.74, 6) is 0.157. The summed E-state index contributed by atoms with van der Waals surface area (Å²) >= 11 is 0. The number of nitrogens with one attached hydrogen (secondary N) is 2. The average Bonchev–Trinajstić information content (AvgIpc) is 3.35. The lowest BCUT2D eigenvalue weighted by atomic mass is 9.95. The van der Waals surface area contributed by atoms with Crippen LogP contribution in [0, 0.1) is 0 Å². The van der Waals surface area contributed by atoms with Crippen LogP contribution >= 0.6 is 0 Å². The van der Waals surface area contributed by atoms with Crippen molar-refractivity contribution < 1.29 is 4.79 Å². The van der Waals surface area contributed by atoms with Gasteiger partial charge in [0, 0.05) is 56.9 Å². The van der Waals surface area contributed by atoms with E-state index in [1.165, 1.54) is 0 Å². The first-order valence-corrected chi connectivity index (χ1v) is 12.1. The largest absolute Gasteiger partial charge is 0.330 e. The maximum atomic E-state index is 13.3. The molecule has 0 atom stereocenters. The SMILES string of the molecule is CN1CCN(Cc2c[nH]c(NC(=O)c3ccc(-c4cccc5ccccc45)c4nccnc34)n2)CC1. The Hall–Kier alpha value is -4.14. The number of piperazine rings is 1. The van der Waals surface area contributed by atoms with E-state index in [2.05, 4.69) is 66.4 Å². The number of rotatable bonds is 5. The molecule has 1 aliphatic rings. The molecule has 5 aromatic rings. The monoisotopic (exact) mass is 477 g/mol. The topological polar surface area (TPSA) is 90.0 Å². The molecule has 0 unspecified atom stereocenters. The van der Waals surface area contributed by atoms with E-state index in [0.717, 1.165) is 60.3 Å². The minimum atomic E-state index is -0.273. The van der Waals surface area contributed by atoms with Crippen molar-refractivity contribution in [3.8, 4) is 11.1 Å². The molecule has 0 saturated carbocycles. The average molecular weight is 478 g/mol. The molecule has 0 spiro atoms. The zero-order chi connectivity index (χ0) is 24.5. The van der Waals surface area contributed by atoms with E-state index in [-0.39, 0.29) is 5.91 Å². The lowest BCUT2D eigenvalue weighted by Gasteiger charge is -2.31. The standard InChI is InChI=1S/C28H27N7O/c1-34-13-15-35(16-14-34)18-20-17-31-28(32-20)33-27(36)24-10-9-23(25-26(24)30-12-11-29-25)22-8-4-6-19-5-2-3-7-21(19)22/h2-12,17H,13-16,18H2,1H3,(H2,31,32,33,36). The molecule has 36 heavy (non-hydrogen) atoms. The summed E-state index contributed by atoms with van der Waals surface area (Å²) in [4.78, 5) is 34.8. The maximum Gasteiger partial charge on any atom is 0.260 e. The fourth-order valence-corrected chi connectivity index (χ4v) is 4.83. The molecule has 8 nitrogen and oxygen atoms in total. The lowest BCUT2D eigenvalue weighted by Crippen LogP contribution is -2.43. The van der Waals surface area contributed by atoms with E-state index >= 15 is 0 Å². The molecule has 6 rings (SSSR count). The number of fused-ring (bicyclic) bond motifs is 2. The van der Waals surface area contributed by atoms with Crippen molar-refractivity contribution >= 4 is 33.7 Å². The molecule has 2 aromatic heterocycles. The molecule has 3 aromatic carbocycles. The molecule has 1 aliphatic heterocycles. The number of imidazole rings is 1. The van der Waals surface area contributed by atoms with Gasteiger partial charge in [0.2, 0.25) is 5.95 Å². The Labute approximate surface area is 209 Å². The molecule has 8 heteroatoms. The van der Waals surface area contributed by atoms with Gasteiger partial charge in [-0.3, -0.25) is 25.0 Å². The van der Waals surface area contributed by atoms with E-state index in [0.29, 0.717) is 22.5 Å². The van der Waals surface area contributed by atoms with Crippen LogP contribution in [0.2, 0.25) is 0 Å². The second kappa shape index (κ2) is 9.49. The van der Waals surface area contributed by atoms with Crippen LogP contribution in [0.4, 0.5) is 5.95 Å². The Kier molecular flexibility index (Phi) is 5.88. The number of likely N-dealkylation sites (N-methyl/N-ethyl adjacent to an activating group) is 1. The van der Waals surface area contributed by atoms with Crippen LogP contribution in [0.15, 0.2) is 73.2 Å². The number of aromatic amines is 1. The Morgan fingerprint density at radius 3 is 2.56 bits per heavy atom. The van der Waals surface area contributed by atoms with Crippen molar-refractivity contribution in [3.63, 3.8) is 0 Å². The number of anilines is 1.